The Morgan fingerprint density at radius 2 is 2.00 bits per heavy atom. The Morgan fingerprint density at radius 1 is 1.29 bits per heavy atom. The highest BCUT2D eigenvalue weighted by atomic mass is 16.4. The SMILES string of the molecule is CCc1ccc(-c2nc3cc(C(=O)O)ccn3c2N)cc1. The van der Waals surface area contributed by atoms with Crippen LogP contribution in [0.4, 0.5) is 5.82 Å². The van der Waals surface area contributed by atoms with E-state index >= 15 is 0 Å². The minimum atomic E-state index is -0.979. The smallest absolute Gasteiger partial charge is 0.335 e. The molecule has 0 aliphatic carbocycles. The van der Waals surface area contributed by atoms with E-state index in [1.807, 2.05) is 24.3 Å². The number of nitrogens with zero attached hydrogens (tertiary/aromatic N) is 2. The van der Waals surface area contributed by atoms with Gasteiger partial charge in [0.25, 0.3) is 0 Å². The van der Waals surface area contributed by atoms with E-state index in [1.165, 1.54) is 17.7 Å². The molecule has 0 spiro atoms. The standard InChI is InChI=1S/C16H15N3O2/c1-2-10-3-5-11(6-4-10)14-15(17)19-8-7-12(16(20)21)9-13(19)18-14/h3-9H,2,17H2,1H3,(H,20,21). The highest BCUT2D eigenvalue weighted by Crippen LogP contribution is 2.27. The number of fused-ring (bicyclic) bond motifs is 1. The zero-order valence-corrected chi connectivity index (χ0v) is 11.6. The fourth-order valence-electron chi connectivity index (χ4n) is 2.31. The topological polar surface area (TPSA) is 80.6 Å². The lowest BCUT2D eigenvalue weighted by Crippen LogP contribution is -1.99. The van der Waals surface area contributed by atoms with E-state index in [-0.39, 0.29) is 5.56 Å². The van der Waals surface area contributed by atoms with Gasteiger partial charge in [-0.05, 0) is 24.1 Å². The second kappa shape index (κ2) is 4.94. The molecular formula is C16H15N3O2. The van der Waals surface area contributed by atoms with Gasteiger partial charge in [-0.3, -0.25) is 4.40 Å². The first-order valence-electron chi connectivity index (χ1n) is 6.70. The average molecular weight is 281 g/mol. The third kappa shape index (κ3) is 2.23. The van der Waals surface area contributed by atoms with E-state index in [9.17, 15) is 4.79 Å². The number of aromatic nitrogens is 2. The van der Waals surface area contributed by atoms with Crippen LogP contribution in [0.25, 0.3) is 16.9 Å². The fourth-order valence-corrected chi connectivity index (χ4v) is 2.31. The van der Waals surface area contributed by atoms with Gasteiger partial charge in [-0.2, -0.15) is 0 Å². The quantitative estimate of drug-likeness (QED) is 0.773. The van der Waals surface area contributed by atoms with E-state index < -0.39 is 5.97 Å². The van der Waals surface area contributed by atoms with Crippen LogP contribution in [0.3, 0.4) is 0 Å². The van der Waals surface area contributed by atoms with Crippen LogP contribution in [-0.2, 0) is 6.42 Å². The predicted molar refractivity (Wildman–Crippen MR) is 81.4 cm³/mol. The number of pyridine rings is 1. The number of rotatable bonds is 3. The van der Waals surface area contributed by atoms with Crippen LogP contribution in [0.2, 0.25) is 0 Å². The van der Waals surface area contributed by atoms with Gasteiger partial charge in [0, 0.05) is 11.8 Å². The van der Waals surface area contributed by atoms with Crippen LogP contribution in [0, 0.1) is 0 Å². The first-order chi connectivity index (χ1) is 10.1. The molecule has 2 aromatic heterocycles. The number of anilines is 1. The average Bonchev–Trinajstić information content (AvgIpc) is 2.84. The van der Waals surface area contributed by atoms with E-state index in [1.54, 1.807) is 10.6 Å². The summed E-state index contributed by atoms with van der Waals surface area (Å²) in [6.07, 6.45) is 2.61. The molecular weight excluding hydrogens is 266 g/mol. The zero-order chi connectivity index (χ0) is 15.0. The predicted octanol–water partition coefficient (Wildman–Crippen LogP) is 2.84. The molecule has 5 nitrogen and oxygen atoms in total. The van der Waals surface area contributed by atoms with Crippen molar-refractivity contribution in [2.24, 2.45) is 0 Å². The number of nitrogen functional groups attached to an aromatic ring is 1. The summed E-state index contributed by atoms with van der Waals surface area (Å²) in [5, 5.41) is 9.03. The van der Waals surface area contributed by atoms with Crippen molar-refractivity contribution in [3.8, 4) is 11.3 Å². The summed E-state index contributed by atoms with van der Waals surface area (Å²) >= 11 is 0. The molecule has 0 atom stereocenters. The first-order valence-corrected chi connectivity index (χ1v) is 6.70. The number of aryl methyl sites for hydroxylation is 1. The van der Waals surface area contributed by atoms with Gasteiger partial charge in [0.2, 0.25) is 0 Å². The minimum absolute atomic E-state index is 0.195. The second-order valence-electron chi connectivity index (χ2n) is 4.84. The third-order valence-electron chi connectivity index (χ3n) is 3.55. The monoisotopic (exact) mass is 281 g/mol. The highest BCUT2D eigenvalue weighted by Gasteiger charge is 2.13. The Hall–Kier alpha value is -2.82. The van der Waals surface area contributed by atoms with Crippen molar-refractivity contribution in [3.05, 3.63) is 53.7 Å². The molecule has 2 heterocycles. The molecule has 0 radical (unpaired) electrons. The van der Waals surface area contributed by atoms with Crippen molar-refractivity contribution in [1.82, 2.24) is 9.38 Å². The summed E-state index contributed by atoms with van der Waals surface area (Å²) in [5.74, 6) is -0.473. The van der Waals surface area contributed by atoms with E-state index in [0.717, 1.165) is 12.0 Å². The van der Waals surface area contributed by atoms with Crippen molar-refractivity contribution in [2.75, 3.05) is 5.73 Å². The lowest BCUT2D eigenvalue weighted by molar-refractivity contribution is 0.0697. The van der Waals surface area contributed by atoms with Gasteiger partial charge < -0.3 is 10.8 Å². The molecule has 0 aliphatic heterocycles. The highest BCUT2D eigenvalue weighted by molar-refractivity contribution is 5.89. The second-order valence-corrected chi connectivity index (χ2v) is 4.84. The van der Waals surface area contributed by atoms with Gasteiger partial charge in [-0.15, -0.1) is 0 Å². The van der Waals surface area contributed by atoms with Crippen molar-refractivity contribution in [2.45, 2.75) is 13.3 Å². The third-order valence-corrected chi connectivity index (χ3v) is 3.55. The lowest BCUT2D eigenvalue weighted by Gasteiger charge is -2.01. The summed E-state index contributed by atoms with van der Waals surface area (Å²) in [7, 11) is 0. The largest absolute Gasteiger partial charge is 0.478 e. The number of carboxylic acids is 1. The number of aromatic carboxylic acids is 1. The fraction of sp³-hybridized carbons (Fsp3) is 0.125. The summed E-state index contributed by atoms with van der Waals surface area (Å²) in [6, 6.07) is 11.1. The van der Waals surface area contributed by atoms with Crippen LogP contribution in [0.5, 0.6) is 0 Å². The number of benzene rings is 1. The summed E-state index contributed by atoms with van der Waals surface area (Å²) in [4.78, 5) is 15.5. The molecule has 0 unspecified atom stereocenters. The van der Waals surface area contributed by atoms with Crippen LogP contribution in [-0.4, -0.2) is 20.5 Å². The summed E-state index contributed by atoms with van der Waals surface area (Å²) in [6.45, 7) is 2.10. The molecule has 3 aromatic rings. The number of carboxylic acid groups (broad SMARTS) is 1. The Kier molecular flexibility index (Phi) is 3.10. The molecule has 0 saturated carbocycles. The van der Waals surface area contributed by atoms with Gasteiger partial charge in [0.05, 0.1) is 5.56 Å². The molecule has 5 heteroatoms. The molecule has 0 aliphatic rings. The van der Waals surface area contributed by atoms with Gasteiger partial charge in [0.15, 0.2) is 0 Å². The Balaban J connectivity index is 2.13. The molecule has 0 fully saturated rings. The van der Waals surface area contributed by atoms with E-state index in [2.05, 4.69) is 11.9 Å². The molecule has 106 valence electrons. The molecule has 0 bridgehead atoms. The van der Waals surface area contributed by atoms with Gasteiger partial charge in [0.1, 0.15) is 17.2 Å². The Bertz CT molecular complexity index is 819. The molecule has 3 N–H and O–H groups in total. The number of nitrogens with two attached hydrogens (primary N) is 1. The van der Waals surface area contributed by atoms with Crippen LogP contribution in [0.15, 0.2) is 42.6 Å². The van der Waals surface area contributed by atoms with Crippen molar-refractivity contribution < 1.29 is 9.90 Å². The Morgan fingerprint density at radius 3 is 2.62 bits per heavy atom. The number of hydrogen-bond donors (Lipinski definition) is 2. The molecule has 3 rings (SSSR count). The molecule has 0 saturated heterocycles. The van der Waals surface area contributed by atoms with E-state index in [4.69, 9.17) is 10.8 Å². The van der Waals surface area contributed by atoms with Crippen LogP contribution in [0.1, 0.15) is 22.8 Å². The zero-order valence-electron chi connectivity index (χ0n) is 11.6. The van der Waals surface area contributed by atoms with E-state index in [0.29, 0.717) is 17.2 Å². The summed E-state index contributed by atoms with van der Waals surface area (Å²) in [5.41, 5.74) is 9.68. The maximum Gasteiger partial charge on any atom is 0.335 e. The first kappa shape index (κ1) is 13.2. The Labute approximate surface area is 121 Å². The van der Waals surface area contributed by atoms with Gasteiger partial charge >= 0.3 is 5.97 Å². The van der Waals surface area contributed by atoms with Crippen molar-refractivity contribution >= 4 is 17.4 Å². The molecule has 1 aromatic carbocycles. The summed E-state index contributed by atoms with van der Waals surface area (Å²) < 4.78 is 1.69. The van der Waals surface area contributed by atoms with Crippen LogP contribution < -0.4 is 5.73 Å². The normalized spacial score (nSPS) is 10.9. The van der Waals surface area contributed by atoms with Gasteiger partial charge in [-0.1, -0.05) is 31.2 Å². The van der Waals surface area contributed by atoms with Crippen molar-refractivity contribution in [3.63, 3.8) is 0 Å². The molecule has 0 amide bonds. The lowest BCUT2D eigenvalue weighted by atomic mass is 10.1. The maximum absolute atomic E-state index is 11.0. The van der Waals surface area contributed by atoms with Crippen molar-refractivity contribution in [1.29, 1.82) is 0 Å². The minimum Gasteiger partial charge on any atom is -0.478 e. The number of hydrogen-bond acceptors (Lipinski definition) is 3. The van der Waals surface area contributed by atoms with Crippen LogP contribution >= 0.6 is 0 Å². The molecule has 21 heavy (non-hydrogen) atoms. The number of carbonyl (C=O) groups is 1. The maximum atomic E-state index is 11.0. The van der Waals surface area contributed by atoms with Gasteiger partial charge in [-0.25, -0.2) is 9.78 Å². The number of imidazole rings is 1.